The largest absolute Gasteiger partial charge is 0.493 e. The predicted octanol–water partition coefficient (Wildman–Crippen LogP) is 6.07. The molecule has 1 aromatic carbocycles. The molecule has 2 aromatic rings. The Labute approximate surface area is 240 Å². The van der Waals surface area contributed by atoms with E-state index >= 15 is 0 Å². The third kappa shape index (κ3) is 6.15. The van der Waals surface area contributed by atoms with E-state index in [1.807, 2.05) is 12.1 Å². The normalized spacial score (nSPS) is 24.0. The lowest BCUT2D eigenvalue weighted by Gasteiger charge is -2.35. The summed E-state index contributed by atoms with van der Waals surface area (Å²) in [5.41, 5.74) is 4.67. The number of pyridine rings is 1. The van der Waals surface area contributed by atoms with Crippen molar-refractivity contribution in [3.63, 3.8) is 0 Å². The van der Waals surface area contributed by atoms with E-state index in [0.717, 1.165) is 86.5 Å². The molecular formula is C33H47N3O4. The molecule has 40 heavy (non-hydrogen) atoms. The van der Waals surface area contributed by atoms with Crippen LogP contribution < -0.4 is 10.1 Å². The first-order chi connectivity index (χ1) is 19.3. The molecule has 2 aliphatic heterocycles. The van der Waals surface area contributed by atoms with Gasteiger partial charge in [0.15, 0.2) is 0 Å². The van der Waals surface area contributed by atoms with Crippen molar-refractivity contribution in [1.29, 1.82) is 0 Å². The zero-order valence-electron chi connectivity index (χ0n) is 25.0. The number of fused-ring (bicyclic) bond motifs is 2. The number of benzene rings is 1. The van der Waals surface area contributed by atoms with Gasteiger partial charge in [-0.1, -0.05) is 39.0 Å². The Morgan fingerprint density at radius 3 is 2.92 bits per heavy atom. The molecule has 3 heterocycles. The Morgan fingerprint density at radius 2 is 2.10 bits per heavy atom. The molecule has 1 aromatic heterocycles. The van der Waals surface area contributed by atoms with E-state index in [1.54, 1.807) is 0 Å². The van der Waals surface area contributed by atoms with E-state index in [2.05, 4.69) is 56.2 Å². The van der Waals surface area contributed by atoms with Gasteiger partial charge in [0.2, 0.25) is 0 Å². The number of anilines is 1. The Balaban J connectivity index is 1.19. The summed E-state index contributed by atoms with van der Waals surface area (Å²) in [6, 6.07) is 10.2. The number of esters is 1. The van der Waals surface area contributed by atoms with E-state index in [0.29, 0.717) is 12.5 Å². The fraction of sp³-hybridized carbons (Fsp3) is 0.636. The SMILES string of the molecule is COC(=O)[C@@H](c1cccc2c1[C@H](C)CCO2)N(C)C1CC(OCCCCc2ccc3c(n2)NCCC3)C(C)(C)C1. The maximum atomic E-state index is 13.2. The van der Waals surface area contributed by atoms with Crippen molar-refractivity contribution in [1.82, 2.24) is 9.88 Å². The number of aryl methyl sites for hydroxylation is 2. The Morgan fingerprint density at radius 1 is 1.25 bits per heavy atom. The number of methoxy groups -OCH3 is 1. The summed E-state index contributed by atoms with van der Waals surface area (Å²) in [5, 5.41) is 3.43. The summed E-state index contributed by atoms with van der Waals surface area (Å²) in [7, 11) is 3.55. The lowest BCUT2D eigenvalue weighted by molar-refractivity contribution is -0.147. The molecule has 0 radical (unpaired) electrons. The van der Waals surface area contributed by atoms with Crippen LogP contribution >= 0.6 is 0 Å². The molecule has 1 saturated carbocycles. The van der Waals surface area contributed by atoms with Crippen LogP contribution in [0.3, 0.4) is 0 Å². The molecule has 5 rings (SSSR count). The third-order valence-corrected chi connectivity index (χ3v) is 9.32. The Bertz CT molecular complexity index is 1180. The van der Waals surface area contributed by atoms with Gasteiger partial charge in [-0.2, -0.15) is 0 Å². The molecule has 0 saturated heterocycles. The molecule has 0 amide bonds. The second-order valence-corrected chi connectivity index (χ2v) is 12.6. The molecule has 7 nitrogen and oxygen atoms in total. The minimum atomic E-state index is -0.470. The van der Waals surface area contributed by atoms with Gasteiger partial charge >= 0.3 is 5.97 Å². The van der Waals surface area contributed by atoms with Crippen molar-refractivity contribution in [2.75, 3.05) is 39.2 Å². The van der Waals surface area contributed by atoms with Gasteiger partial charge in [0.05, 0.1) is 19.8 Å². The molecule has 0 bridgehead atoms. The number of likely N-dealkylation sites (N-methyl/N-ethyl adjacent to an activating group) is 1. The number of hydrogen-bond acceptors (Lipinski definition) is 7. The summed E-state index contributed by atoms with van der Waals surface area (Å²) in [6.07, 6.45) is 8.32. The van der Waals surface area contributed by atoms with E-state index in [9.17, 15) is 4.79 Å². The maximum Gasteiger partial charge on any atom is 0.327 e. The fourth-order valence-corrected chi connectivity index (χ4v) is 6.91. The number of aromatic nitrogens is 1. The highest BCUT2D eigenvalue weighted by atomic mass is 16.5. The van der Waals surface area contributed by atoms with Crippen LogP contribution in [0.25, 0.3) is 0 Å². The van der Waals surface area contributed by atoms with E-state index in [1.165, 1.54) is 19.1 Å². The number of nitrogens with one attached hydrogen (secondary N) is 1. The van der Waals surface area contributed by atoms with Crippen LogP contribution in [0.5, 0.6) is 5.75 Å². The third-order valence-electron chi connectivity index (χ3n) is 9.32. The number of unbranched alkanes of at least 4 members (excludes halogenated alkanes) is 1. The highest BCUT2D eigenvalue weighted by Crippen LogP contribution is 2.45. The van der Waals surface area contributed by atoms with Crippen molar-refractivity contribution in [3.05, 3.63) is 52.7 Å². The number of carbonyl (C=O) groups is 1. The van der Waals surface area contributed by atoms with Gasteiger partial charge < -0.3 is 19.5 Å². The number of rotatable bonds is 10. The molecule has 3 aliphatic rings. The minimum absolute atomic E-state index is 0.0256. The van der Waals surface area contributed by atoms with Gasteiger partial charge in [0.1, 0.15) is 17.6 Å². The van der Waals surface area contributed by atoms with Crippen LogP contribution in [0.4, 0.5) is 5.82 Å². The Hall–Kier alpha value is -2.64. The molecular weight excluding hydrogens is 502 g/mol. The first kappa shape index (κ1) is 28.9. The number of carbonyl (C=O) groups excluding carboxylic acids is 1. The van der Waals surface area contributed by atoms with Crippen molar-refractivity contribution in [2.45, 2.75) is 96.2 Å². The monoisotopic (exact) mass is 549 g/mol. The van der Waals surface area contributed by atoms with E-state index in [4.69, 9.17) is 19.2 Å². The van der Waals surface area contributed by atoms with Crippen LogP contribution in [0.1, 0.15) is 93.6 Å². The van der Waals surface area contributed by atoms with Crippen molar-refractivity contribution < 1.29 is 19.0 Å². The molecule has 218 valence electrons. The molecule has 1 N–H and O–H groups in total. The van der Waals surface area contributed by atoms with Crippen LogP contribution in [0.15, 0.2) is 30.3 Å². The number of hydrogen-bond donors (Lipinski definition) is 1. The van der Waals surface area contributed by atoms with Crippen LogP contribution in [-0.2, 0) is 27.1 Å². The average molecular weight is 550 g/mol. The quantitative estimate of drug-likeness (QED) is 0.285. The second kappa shape index (κ2) is 12.5. The zero-order valence-corrected chi connectivity index (χ0v) is 25.0. The molecule has 1 fully saturated rings. The molecule has 2 unspecified atom stereocenters. The standard InChI is InChI=1S/C33H47N3O4/c1-22-16-19-39-27-13-8-12-26(29(22)27)30(32(37)38-5)36(4)25-20-28(33(2,3)21-25)40-18-7-6-11-24-15-14-23-10-9-17-34-31(23)35-24/h8,12-15,22,25,28,30H,6-7,9-11,16-21H2,1-5H3,(H,34,35)/t22-,25?,28?,30-/m1/s1. The lowest BCUT2D eigenvalue weighted by Crippen LogP contribution is -2.39. The smallest absolute Gasteiger partial charge is 0.327 e. The number of ether oxygens (including phenoxy) is 3. The summed E-state index contributed by atoms with van der Waals surface area (Å²) in [6.45, 7) is 9.29. The lowest BCUT2D eigenvalue weighted by atomic mass is 9.86. The fourth-order valence-electron chi connectivity index (χ4n) is 6.91. The summed E-state index contributed by atoms with van der Waals surface area (Å²) in [4.78, 5) is 20.3. The van der Waals surface area contributed by atoms with E-state index in [-0.39, 0.29) is 23.5 Å². The van der Waals surface area contributed by atoms with Crippen LogP contribution in [0.2, 0.25) is 0 Å². The summed E-state index contributed by atoms with van der Waals surface area (Å²) >= 11 is 0. The second-order valence-electron chi connectivity index (χ2n) is 12.6. The van der Waals surface area contributed by atoms with Crippen molar-refractivity contribution >= 4 is 11.8 Å². The predicted molar refractivity (Wildman–Crippen MR) is 158 cm³/mol. The number of nitrogens with zero attached hydrogens (tertiary/aromatic N) is 2. The van der Waals surface area contributed by atoms with Crippen LogP contribution in [-0.4, -0.2) is 61.9 Å². The molecule has 7 heteroatoms. The molecule has 0 spiro atoms. The first-order valence-corrected chi connectivity index (χ1v) is 15.2. The average Bonchev–Trinajstić information content (AvgIpc) is 3.26. The maximum absolute atomic E-state index is 13.2. The minimum Gasteiger partial charge on any atom is -0.493 e. The van der Waals surface area contributed by atoms with Gasteiger partial charge in [-0.3, -0.25) is 4.90 Å². The highest BCUT2D eigenvalue weighted by Gasteiger charge is 2.46. The topological polar surface area (TPSA) is 72.9 Å². The van der Waals surface area contributed by atoms with Gasteiger partial charge in [0.25, 0.3) is 0 Å². The first-order valence-electron chi connectivity index (χ1n) is 15.2. The highest BCUT2D eigenvalue weighted by molar-refractivity contribution is 5.78. The molecule has 4 atom stereocenters. The van der Waals surface area contributed by atoms with Crippen molar-refractivity contribution in [2.24, 2.45) is 5.41 Å². The van der Waals surface area contributed by atoms with E-state index < -0.39 is 6.04 Å². The zero-order chi connectivity index (χ0) is 28.3. The van der Waals surface area contributed by atoms with Gasteiger partial charge in [0, 0.05) is 30.5 Å². The summed E-state index contributed by atoms with van der Waals surface area (Å²) < 4.78 is 17.8. The van der Waals surface area contributed by atoms with Crippen molar-refractivity contribution in [3.8, 4) is 5.75 Å². The van der Waals surface area contributed by atoms with Gasteiger partial charge in [-0.05, 0) is 93.0 Å². The van der Waals surface area contributed by atoms with Gasteiger partial charge in [-0.25, -0.2) is 9.78 Å². The van der Waals surface area contributed by atoms with Gasteiger partial charge in [-0.15, -0.1) is 0 Å². The Kier molecular flexibility index (Phi) is 9.01. The van der Waals surface area contributed by atoms with Crippen LogP contribution in [0, 0.1) is 5.41 Å². The molecule has 1 aliphatic carbocycles. The summed E-state index contributed by atoms with van der Waals surface area (Å²) in [5.74, 6) is 2.09.